The topological polar surface area (TPSA) is 89.9 Å². The van der Waals surface area contributed by atoms with E-state index in [0.717, 1.165) is 70.4 Å². The molecule has 0 radical (unpaired) electrons. The minimum atomic E-state index is 0.0623. The molecule has 9 nitrogen and oxygen atoms in total. The van der Waals surface area contributed by atoms with Crippen LogP contribution in [0.25, 0.3) is 27.7 Å². The van der Waals surface area contributed by atoms with Crippen molar-refractivity contribution in [1.82, 2.24) is 28.7 Å². The van der Waals surface area contributed by atoms with Crippen LogP contribution < -0.4 is 0 Å². The summed E-state index contributed by atoms with van der Waals surface area (Å²) in [6, 6.07) is 12.6. The van der Waals surface area contributed by atoms with Crippen molar-refractivity contribution in [1.29, 1.82) is 5.26 Å². The molecule has 7 rings (SSSR count). The number of pyridine rings is 1. The van der Waals surface area contributed by atoms with Crippen LogP contribution in [0.3, 0.4) is 0 Å². The van der Waals surface area contributed by atoms with Crippen LogP contribution in [0.15, 0.2) is 48.9 Å². The fraction of sp³-hybridized carbons (Fsp3) is 0.375. The van der Waals surface area contributed by atoms with E-state index in [0.29, 0.717) is 44.1 Å². The van der Waals surface area contributed by atoms with Crippen LogP contribution in [0.5, 0.6) is 0 Å². The van der Waals surface area contributed by atoms with E-state index in [1.54, 1.807) is 0 Å². The molecule has 2 amide bonds. The van der Waals surface area contributed by atoms with Crippen molar-refractivity contribution < 1.29 is 9.59 Å². The van der Waals surface area contributed by atoms with E-state index in [1.807, 2.05) is 56.9 Å². The molecule has 5 heterocycles. The largest absolute Gasteiger partial charge is 0.345 e. The van der Waals surface area contributed by atoms with Gasteiger partial charge < -0.3 is 19.3 Å². The number of hydrogen-bond donors (Lipinski definition) is 0. The number of hydrogen-bond acceptors (Lipinski definition) is 5. The van der Waals surface area contributed by atoms with Crippen molar-refractivity contribution in [3.63, 3.8) is 0 Å². The molecule has 0 atom stereocenters. The molecule has 3 aliphatic rings. The van der Waals surface area contributed by atoms with Gasteiger partial charge in [-0.25, -0.2) is 9.78 Å². The first-order chi connectivity index (χ1) is 19.9. The van der Waals surface area contributed by atoms with Gasteiger partial charge in [-0.2, -0.15) is 5.26 Å². The standard InChI is InChI=1S/C32H33N7O2/c1-35(2)23-8-11-36(12-9-23)32(41)38-14-13-37-20-26(25-16-21(17-33)15-22(19-38)31(25)37)30-24(6-7-28(30)40)27-18-34-29-5-3-4-10-39(27)29/h3-5,10,15-16,18,20,23H,6-9,11-14,19H2,1-2H3. The van der Waals surface area contributed by atoms with Crippen molar-refractivity contribution in [2.45, 2.75) is 44.8 Å². The van der Waals surface area contributed by atoms with Gasteiger partial charge >= 0.3 is 6.03 Å². The molecule has 1 fully saturated rings. The van der Waals surface area contributed by atoms with E-state index in [9.17, 15) is 14.9 Å². The van der Waals surface area contributed by atoms with E-state index in [4.69, 9.17) is 0 Å². The molecule has 0 bridgehead atoms. The number of imidazole rings is 1. The minimum absolute atomic E-state index is 0.0623. The third-order valence-electron chi connectivity index (χ3n) is 9.07. The molecule has 4 aromatic rings. The molecule has 2 aliphatic heterocycles. The maximum absolute atomic E-state index is 13.6. The molecule has 0 unspecified atom stereocenters. The Morgan fingerprint density at radius 2 is 1.90 bits per heavy atom. The SMILES string of the molecule is CN(C)C1CCN(C(=O)N2CCn3cc(C4=C(c5cnc6ccccn56)CCC4=O)c4cc(C#N)cc(c43)C2)CC1. The lowest BCUT2D eigenvalue weighted by atomic mass is 9.96. The van der Waals surface area contributed by atoms with Crippen molar-refractivity contribution in [3.8, 4) is 6.07 Å². The molecule has 0 saturated carbocycles. The minimum Gasteiger partial charge on any atom is -0.345 e. The number of Topliss-reactive ketones (excluding diaryl/α,β-unsaturated/α-hetero) is 1. The number of piperidine rings is 1. The number of ketones is 1. The Balaban J connectivity index is 1.29. The Kier molecular flexibility index (Phi) is 6.16. The summed E-state index contributed by atoms with van der Waals surface area (Å²) in [4.78, 5) is 37.8. The van der Waals surface area contributed by atoms with Gasteiger partial charge in [0.05, 0.1) is 29.0 Å². The van der Waals surface area contributed by atoms with Crippen LogP contribution in [-0.2, 0) is 17.9 Å². The predicted octanol–water partition coefficient (Wildman–Crippen LogP) is 4.40. The molecule has 0 spiro atoms. The first-order valence-corrected chi connectivity index (χ1v) is 14.4. The zero-order chi connectivity index (χ0) is 28.2. The number of carbonyl (C=O) groups is 2. The lowest BCUT2D eigenvalue weighted by Gasteiger charge is -2.37. The van der Waals surface area contributed by atoms with E-state index < -0.39 is 0 Å². The lowest BCUT2D eigenvalue weighted by molar-refractivity contribution is -0.113. The zero-order valence-electron chi connectivity index (χ0n) is 23.5. The molecule has 3 aromatic heterocycles. The molecular formula is C32H33N7O2. The summed E-state index contributed by atoms with van der Waals surface area (Å²) >= 11 is 0. The quantitative estimate of drug-likeness (QED) is 0.379. The third kappa shape index (κ3) is 4.21. The van der Waals surface area contributed by atoms with Crippen molar-refractivity contribution in [2.24, 2.45) is 0 Å². The van der Waals surface area contributed by atoms with Gasteiger partial charge in [0.2, 0.25) is 0 Å². The number of fused-ring (bicyclic) bond motifs is 1. The maximum atomic E-state index is 13.6. The van der Waals surface area contributed by atoms with Crippen LogP contribution in [0.4, 0.5) is 4.79 Å². The van der Waals surface area contributed by atoms with E-state index in [1.165, 1.54) is 0 Å². The fourth-order valence-electron chi connectivity index (χ4n) is 6.92. The van der Waals surface area contributed by atoms with Gasteiger partial charge in [0.1, 0.15) is 5.65 Å². The summed E-state index contributed by atoms with van der Waals surface area (Å²) in [5.41, 5.74) is 6.84. The fourth-order valence-corrected chi connectivity index (χ4v) is 6.92. The average Bonchev–Trinajstić information content (AvgIpc) is 3.65. The van der Waals surface area contributed by atoms with E-state index in [-0.39, 0.29) is 11.8 Å². The van der Waals surface area contributed by atoms with Crippen LogP contribution in [0.2, 0.25) is 0 Å². The van der Waals surface area contributed by atoms with Crippen molar-refractivity contribution >= 4 is 39.5 Å². The molecule has 1 aromatic carbocycles. The molecule has 41 heavy (non-hydrogen) atoms. The number of nitrogens with zero attached hydrogens (tertiary/aromatic N) is 7. The molecule has 1 aliphatic carbocycles. The highest BCUT2D eigenvalue weighted by Gasteiger charge is 2.33. The van der Waals surface area contributed by atoms with E-state index in [2.05, 4.69) is 40.8 Å². The van der Waals surface area contributed by atoms with Gasteiger partial charge in [0.15, 0.2) is 5.78 Å². The number of urea groups is 1. The Morgan fingerprint density at radius 3 is 2.68 bits per heavy atom. The summed E-state index contributed by atoms with van der Waals surface area (Å²) in [6.07, 6.45) is 8.95. The maximum Gasteiger partial charge on any atom is 0.320 e. The molecule has 208 valence electrons. The Hall–Kier alpha value is -4.42. The first kappa shape index (κ1) is 25.5. The monoisotopic (exact) mass is 547 g/mol. The van der Waals surface area contributed by atoms with Crippen molar-refractivity contribution in [3.05, 3.63) is 71.3 Å². The molecule has 1 saturated heterocycles. The smallest absolute Gasteiger partial charge is 0.320 e. The number of carbonyl (C=O) groups excluding carboxylic acids is 2. The predicted molar refractivity (Wildman–Crippen MR) is 157 cm³/mol. The molecule has 9 heteroatoms. The normalized spacial score (nSPS) is 18.1. The first-order valence-electron chi connectivity index (χ1n) is 14.4. The highest BCUT2D eigenvalue weighted by molar-refractivity contribution is 6.33. The number of amides is 2. The second-order valence-corrected chi connectivity index (χ2v) is 11.6. The van der Waals surface area contributed by atoms with E-state index >= 15 is 0 Å². The summed E-state index contributed by atoms with van der Waals surface area (Å²) < 4.78 is 4.21. The number of aromatic nitrogens is 3. The number of nitriles is 1. The Bertz CT molecular complexity index is 1780. The van der Waals surface area contributed by atoms with Crippen LogP contribution in [0.1, 0.15) is 48.1 Å². The number of benzene rings is 1. The Labute approximate surface area is 238 Å². The highest BCUT2D eigenvalue weighted by Crippen LogP contribution is 2.42. The van der Waals surface area contributed by atoms with Crippen LogP contribution >= 0.6 is 0 Å². The summed E-state index contributed by atoms with van der Waals surface area (Å²) in [6.45, 7) is 3.14. The molecule has 0 N–H and O–H groups in total. The summed E-state index contributed by atoms with van der Waals surface area (Å²) in [5, 5.41) is 10.8. The van der Waals surface area contributed by atoms with Gasteiger partial charge in [-0.3, -0.25) is 9.20 Å². The van der Waals surface area contributed by atoms with Crippen LogP contribution in [0, 0.1) is 11.3 Å². The summed E-state index contributed by atoms with van der Waals surface area (Å²) in [7, 11) is 4.20. The van der Waals surface area contributed by atoms with Crippen molar-refractivity contribution in [2.75, 3.05) is 33.7 Å². The average molecular weight is 548 g/mol. The van der Waals surface area contributed by atoms with Gasteiger partial charge in [0, 0.05) is 74.1 Å². The van der Waals surface area contributed by atoms with Gasteiger partial charge in [0.25, 0.3) is 0 Å². The number of rotatable bonds is 3. The highest BCUT2D eigenvalue weighted by atomic mass is 16.2. The molecular weight excluding hydrogens is 514 g/mol. The second-order valence-electron chi connectivity index (χ2n) is 11.6. The third-order valence-corrected chi connectivity index (χ3v) is 9.07. The second kappa shape index (κ2) is 9.89. The van der Waals surface area contributed by atoms with Gasteiger partial charge in [-0.15, -0.1) is 0 Å². The zero-order valence-corrected chi connectivity index (χ0v) is 23.5. The van der Waals surface area contributed by atoms with Gasteiger partial charge in [-0.1, -0.05) is 6.07 Å². The summed E-state index contributed by atoms with van der Waals surface area (Å²) in [5.74, 6) is 0.115. The number of allylic oxidation sites excluding steroid dienone is 2. The number of likely N-dealkylation sites (tertiary alicyclic amines) is 1. The van der Waals surface area contributed by atoms with Gasteiger partial charge in [-0.05, 0) is 68.8 Å². The lowest BCUT2D eigenvalue weighted by Crippen LogP contribution is -2.49. The Morgan fingerprint density at radius 1 is 1.07 bits per heavy atom. The van der Waals surface area contributed by atoms with Crippen LogP contribution in [-0.4, -0.2) is 80.2 Å².